The van der Waals surface area contributed by atoms with Crippen molar-refractivity contribution in [1.29, 1.82) is 0 Å². The predicted molar refractivity (Wildman–Crippen MR) is 92.1 cm³/mol. The molecule has 0 fully saturated rings. The third kappa shape index (κ3) is 4.55. The number of benzene rings is 2. The summed E-state index contributed by atoms with van der Waals surface area (Å²) in [5.74, 6) is -0.293. The Hall–Kier alpha value is -2.40. The quantitative estimate of drug-likeness (QED) is 0.815. The molecule has 0 unspecified atom stereocenters. The number of rotatable bonds is 7. The van der Waals surface area contributed by atoms with E-state index in [0.29, 0.717) is 13.1 Å². The molecule has 2 N–H and O–H groups in total. The molecule has 0 saturated heterocycles. The van der Waals surface area contributed by atoms with Crippen molar-refractivity contribution in [2.24, 2.45) is 0 Å². The van der Waals surface area contributed by atoms with Gasteiger partial charge in [-0.25, -0.2) is 9.18 Å². The smallest absolute Gasteiger partial charge is 0.315 e. The van der Waals surface area contributed by atoms with Crippen LogP contribution in [0.2, 0.25) is 0 Å². The average molecular weight is 330 g/mol. The summed E-state index contributed by atoms with van der Waals surface area (Å²) in [6, 6.07) is 15.6. The van der Waals surface area contributed by atoms with Gasteiger partial charge in [0, 0.05) is 13.7 Å². The first kappa shape index (κ1) is 17.9. The first-order valence-electron chi connectivity index (χ1n) is 7.96. The van der Waals surface area contributed by atoms with E-state index in [-0.39, 0.29) is 11.8 Å². The molecule has 0 saturated carbocycles. The van der Waals surface area contributed by atoms with Crippen LogP contribution in [-0.4, -0.2) is 19.7 Å². The minimum Gasteiger partial charge on any atom is -0.372 e. The Bertz CT molecular complexity index is 640. The molecule has 1 atom stereocenters. The molecule has 0 radical (unpaired) electrons. The van der Waals surface area contributed by atoms with Gasteiger partial charge in [0.25, 0.3) is 0 Å². The maximum atomic E-state index is 12.9. The van der Waals surface area contributed by atoms with E-state index < -0.39 is 5.60 Å². The molecular formula is C19H23FN2O2. The minimum absolute atomic E-state index is 0.287. The molecule has 4 nitrogen and oxygen atoms in total. The highest BCUT2D eigenvalue weighted by atomic mass is 19.1. The van der Waals surface area contributed by atoms with Crippen molar-refractivity contribution in [3.8, 4) is 0 Å². The van der Waals surface area contributed by atoms with Crippen molar-refractivity contribution < 1.29 is 13.9 Å². The second-order valence-electron chi connectivity index (χ2n) is 5.58. The van der Waals surface area contributed by atoms with Crippen LogP contribution >= 0.6 is 0 Å². The molecule has 128 valence electrons. The van der Waals surface area contributed by atoms with E-state index >= 15 is 0 Å². The predicted octanol–water partition coefficient (Wildman–Crippen LogP) is 3.58. The maximum Gasteiger partial charge on any atom is 0.315 e. The van der Waals surface area contributed by atoms with Crippen molar-refractivity contribution >= 4 is 6.03 Å². The van der Waals surface area contributed by atoms with E-state index in [9.17, 15) is 9.18 Å². The third-order valence-electron chi connectivity index (χ3n) is 4.16. The van der Waals surface area contributed by atoms with Gasteiger partial charge in [0.2, 0.25) is 0 Å². The van der Waals surface area contributed by atoms with Gasteiger partial charge >= 0.3 is 6.03 Å². The lowest BCUT2D eigenvalue weighted by Crippen LogP contribution is -2.45. The van der Waals surface area contributed by atoms with Gasteiger partial charge in [-0.05, 0) is 29.7 Å². The zero-order chi connectivity index (χ0) is 17.4. The van der Waals surface area contributed by atoms with Gasteiger partial charge < -0.3 is 15.4 Å². The van der Waals surface area contributed by atoms with E-state index in [4.69, 9.17) is 4.74 Å². The molecule has 2 aromatic carbocycles. The number of hydrogen-bond donors (Lipinski definition) is 2. The van der Waals surface area contributed by atoms with Crippen LogP contribution in [-0.2, 0) is 16.9 Å². The Morgan fingerprint density at radius 2 is 1.75 bits per heavy atom. The molecule has 2 aromatic rings. The molecule has 0 bridgehead atoms. The van der Waals surface area contributed by atoms with Crippen molar-refractivity contribution in [2.45, 2.75) is 25.5 Å². The molecule has 5 heteroatoms. The van der Waals surface area contributed by atoms with E-state index in [0.717, 1.165) is 17.5 Å². The summed E-state index contributed by atoms with van der Waals surface area (Å²) in [7, 11) is 1.65. The van der Waals surface area contributed by atoms with Crippen LogP contribution in [0.25, 0.3) is 0 Å². The van der Waals surface area contributed by atoms with Gasteiger partial charge in [-0.1, -0.05) is 49.4 Å². The summed E-state index contributed by atoms with van der Waals surface area (Å²) >= 11 is 0. The molecule has 0 aliphatic carbocycles. The Morgan fingerprint density at radius 3 is 2.33 bits per heavy atom. The molecule has 0 heterocycles. The molecule has 24 heavy (non-hydrogen) atoms. The Balaban J connectivity index is 1.92. The molecular weight excluding hydrogens is 307 g/mol. The number of nitrogens with one attached hydrogen (secondary N) is 2. The molecule has 0 aliphatic rings. The summed E-state index contributed by atoms with van der Waals surface area (Å²) in [6.07, 6.45) is 0.728. The lowest BCUT2D eigenvalue weighted by molar-refractivity contribution is -0.0152. The van der Waals surface area contributed by atoms with Gasteiger partial charge in [0.05, 0.1) is 6.54 Å². The summed E-state index contributed by atoms with van der Waals surface area (Å²) in [6.45, 7) is 2.72. The molecule has 2 rings (SSSR count). The fourth-order valence-electron chi connectivity index (χ4n) is 2.58. The Kier molecular flexibility index (Phi) is 6.32. The van der Waals surface area contributed by atoms with Crippen molar-refractivity contribution in [1.82, 2.24) is 10.6 Å². The molecule has 0 aromatic heterocycles. The van der Waals surface area contributed by atoms with Crippen LogP contribution in [0.1, 0.15) is 24.5 Å². The number of ether oxygens (including phenoxy) is 1. The normalized spacial score (nSPS) is 13.1. The zero-order valence-corrected chi connectivity index (χ0v) is 14.0. The first-order valence-corrected chi connectivity index (χ1v) is 7.96. The SMILES string of the molecule is CC[C@@](CNC(=O)NCc1ccc(F)cc1)(OC)c1ccccc1. The third-order valence-corrected chi connectivity index (χ3v) is 4.16. The summed E-state index contributed by atoms with van der Waals surface area (Å²) in [5, 5.41) is 5.62. The number of methoxy groups -OCH3 is 1. The van der Waals surface area contributed by atoms with Crippen LogP contribution < -0.4 is 10.6 Å². The zero-order valence-electron chi connectivity index (χ0n) is 14.0. The molecule has 0 aliphatic heterocycles. The second kappa shape index (κ2) is 8.45. The van der Waals surface area contributed by atoms with E-state index in [1.165, 1.54) is 12.1 Å². The fourth-order valence-corrected chi connectivity index (χ4v) is 2.58. The molecule has 2 amide bonds. The van der Waals surface area contributed by atoms with Gasteiger partial charge in [0.15, 0.2) is 0 Å². The Morgan fingerprint density at radius 1 is 1.08 bits per heavy atom. The van der Waals surface area contributed by atoms with Crippen molar-refractivity contribution in [3.05, 3.63) is 71.5 Å². The van der Waals surface area contributed by atoms with Crippen molar-refractivity contribution in [2.75, 3.05) is 13.7 Å². The van der Waals surface area contributed by atoms with Gasteiger partial charge in [-0.2, -0.15) is 0 Å². The highest BCUT2D eigenvalue weighted by molar-refractivity contribution is 5.73. The van der Waals surface area contributed by atoms with Crippen LogP contribution in [0.5, 0.6) is 0 Å². The summed E-state index contributed by atoms with van der Waals surface area (Å²) in [5.41, 5.74) is 1.30. The van der Waals surface area contributed by atoms with Crippen molar-refractivity contribution in [3.63, 3.8) is 0 Å². The first-order chi connectivity index (χ1) is 11.6. The maximum absolute atomic E-state index is 12.9. The number of urea groups is 1. The molecule has 0 spiro atoms. The number of halogens is 1. The van der Waals surface area contributed by atoms with Gasteiger partial charge in [-0.15, -0.1) is 0 Å². The van der Waals surface area contributed by atoms with Crippen LogP contribution in [0.15, 0.2) is 54.6 Å². The van der Waals surface area contributed by atoms with Crippen LogP contribution in [0.4, 0.5) is 9.18 Å². The highest BCUT2D eigenvalue weighted by Crippen LogP contribution is 2.27. The van der Waals surface area contributed by atoms with Crippen LogP contribution in [0, 0.1) is 5.82 Å². The number of carbonyl (C=O) groups excluding carboxylic acids is 1. The lowest BCUT2D eigenvalue weighted by atomic mass is 9.91. The van der Waals surface area contributed by atoms with E-state index in [1.54, 1.807) is 19.2 Å². The van der Waals surface area contributed by atoms with Gasteiger partial charge in [0.1, 0.15) is 11.4 Å². The minimum atomic E-state index is -0.561. The number of carbonyl (C=O) groups is 1. The lowest BCUT2D eigenvalue weighted by Gasteiger charge is -2.32. The monoisotopic (exact) mass is 330 g/mol. The summed E-state index contributed by atoms with van der Waals surface area (Å²) < 4.78 is 18.6. The van der Waals surface area contributed by atoms with Gasteiger partial charge in [-0.3, -0.25) is 0 Å². The second-order valence-corrected chi connectivity index (χ2v) is 5.58. The Labute approximate surface area is 142 Å². The topological polar surface area (TPSA) is 50.4 Å². The summed E-state index contributed by atoms with van der Waals surface area (Å²) in [4.78, 5) is 12.0. The average Bonchev–Trinajstić information content (AvgIpc) is 2.63. The number of amides is 2. The number of hydrogen-bond acceptors (Lipinski definition) is 2. The standard InChI is InChI=1S/C19H23FN2O2/c1-3-19(24-2,16-7-5-4-6-8-16)14-22-18(23)21-13-15-9-11-17(20)12-10-15/h4-12H,3,13-14H2,1-2H3,(H2,21,22,23)/t19-/m0/s1. The van der Waals surface area contributed by atoms with Crippen LogP contribution in [0.3, 0.4) is 0 Å². The highest BCUT2D eigenvalue weighted by Gasteiger charge is 2.30. The van der Waals surface area contributed by atoms with E-state index in [2.05, 4.69) is 10.6 Å². The largest absolute Gasteiger partial charge is 0.372 e. The van der Waals surface area contributed by atoms with E-state index in [1.807, 2.05) is 37.3 Å². The fraction of sp³-hybridized carbons (Fsp3) is 0.316.